The van der Waals surface area contributed by atoms with Gasteiger partial charge in [0.05, 0.1) is 0 Å². The molecule has 0 atom stereocenters. The third kappa shape index (κ3) is 6.45. The van der Waals surface area contributed by atoms with Crippen LogP contribution in [-0.4, -0.2) is 15.0 Å². The second-order valence-electron chi connectivity index (χ2n) is 17.2. The molecule has 11 aromatic rings. The highest BCUT2D eigenvalue weighted by Gasteiger charge is 2.37. The Balaban J connectivity index is 0.915. The summed E-state index contributed by atoms with van der Waals surface area (Å²) in [7, 11) is 0. The Kier molecular flexibility index (Phi) is 9.03. The van der Waals surface area contributed by atoms with Crippen molar-refractivity contribution >= 4 is 31.5 Å². The fourth-order valence-electron chi connectivity index (χ4n) is 9.80. The molecule has 0 bridgehead atoms. The Bertz CT molecular complexity index is 3550. The Labute approximate surface area is 377 Å². The lowest BCUT2D eigenvalue weighted by atomic mass is 9.79. The Hall–Kier alpha value is -7.79. The van der Waals surface area contributed by atoms with E-state index in [0.717, 1.165) is 27.8 Å². The van der Waals surface area contributed by atoms with Gasteiger partial charge in [0, 0.05) is 42.3 Å². The molecular formula is C60H41N3S. The molecule has 0 spiro atoms. The van der Waals surface area contributed by atoms with Crippen LogP contribution >= 0.6 is 11.3 Å². The number of benzene rings is 9. The van der Waals surface area contributed by atoms with Gasteiger partial charge in [-0.3, -0.25) is 0 Å². The monoisotopic (exact) mass is 835 g/mol. The summed E-state index contributed by atoms with van der Waals surface area (Å²) in [5.74, 6) is 1.93. The van der Waals surface area contributed by atoms with Gasteiger partial charge in [0.1, 0.15) is 0 Å². The molecular weight excluding hydrogens is 795 g/mol. The lowest BCUT2D eigenvalue weighted by Gasteiger charge is -2.24. The van der Waals surface area contributed by atoms with Gasteiger partial charge in [-0.05, 0) is 91.0 Å². The maximum atomic E-state index is 5.19. The van der Waals surface area contributed by atoms with Crippen LogP contribution in [0.25, 0.3) is 110 Å². The van der Waals surface area contributed by atoms with E-state index >= 15 is 0 Å². The molecule has 1 aliphatic rings. The van der Waals surface area contributed by atoms with E-state index in [-0.39, 0.29) is 5.41 Å². The van der Waals surface area contributed by atoms with Gasteiger partial charge in [-0.25, -0.2) is 15.0 Å². The number of rotatable bonds is 7. The van der Waals surface area contributed by atoms with E-state index < -0.39 is 0 Å². The van der Waals surface area contributed by atoms with Crippen molar-refractivity contribution in [3.05, 3.63) is 223 Å². The first-order valence-electron chi connectivity index (χ1n) is 21.8. The van der Waals surface area contributed by atoms with Crippen molar-refractivity contribution in [1.82, 2.24) is 15.0 Å². The summed E-state index contributed by atoms with van der Waals surface area (Å²) in [6.07, 6.45) is 0. The minimum absolute atomic E-state index is 0.133. The van der Waals surface area contributed by atoms with E-state index in [1.807, 2.05) is 29.5 Å². The van der Waals surface area contributed by atoms with Gasteiger partial charge in [0.2, 0.25) is 0 Å². The Morgan fingerprint density at radius 1 is 0.328 bits per heavy atom. The van der Waals surface area contributed by atoms with E-state index in [2.05, 4.69) is 208 Å². The molecule has 0 saturated heterocycles. The van der Waals surface area contributed by atoms with E-state index in [1.165, 1.54) is 75.8 Å². The predicted molar refractivity (Wildman–Crippen MR) is 268 cm³/mol. The number of thiophene rings is 1. The first kappa shape index (κ1) is 37.9. The highest BCUT2D eigenvalue weighted by atomic mass is 32.1. The fourth-order valence-corrected chi connectivity index (χ4v) is 10.9. The van der Waals surface area contributed by atoms with Gasteiger partial charge in [0.25, 0.3) is 0 Å². The molecule has 9 aromatic carbocycles. The normalized spacial score (nSPS) is 12.7. The maximum Gasteiger partial charge on any atom is 0.164 e. The molecule has 12 rings (SSSR count). The predicted octanol–water partition coefficient (Wildman–Crippen LogP) is 16.2. The number of aromatic nitrogens is 3. The average Bonchev–Trinajstić information content (AvgIpc) is 3.86. The van der Waals surface area contributed by atoms with Crippen molar-refractivity contribution in [3.63, 3.8) is 0 Å². The van der Waals surface area contributed by atoms with Crippen LogP contribution in [0.3, 0.4) is 0 Å². The van der Waals surface area contributed by atoms with Crippen LogP contribution in [-0.2, 0) is 5.41 Å². The molecule has 0 aliphatic heterocycles. The van der Waals surface area contributed by atoms with E-state index in [0.29, 0.717) is 17.5 Å². The molecule has 4 heteroatoms. The summed E-state index contributed by atoms with van der Waals surface area (Å²) in [6, 6.07) is 76.1. The molecule has 0 amide bonds. The van der Waals surface area contributed by atoms with Crippen molar-refractivity contribution in [2.75, 3.05) is 0 Å². The summed E-state index contributed by atoms with van der Waals surface area (Å²) in [5.41, 5.74) is 17.6. The molecule has 1 aliphatic carbocycles. The first-order chi connectivity index (χ1) is 31.5. The molecule has 302 valence electrons. The van der Waals surface area contributed by atoms with Crippen molar-refractivity contribution in [2.24, 2.45) is 0 Å². The minimum atomic E-state index is -0.133. The van der Waals surface area contributed by atoms with Crippen LogP contribution in [0.5, 0.6) is 0 Å². The van der Waals surface area contributed by atoms with Gasteiger partial charge in [-0.2, -0.15) is 0 Å². The molecule has 0 fully saturated rings. The van der Waals surface area contributed by atoms with Crippen LogP contribution in [0.15, 0.2) is 212 Å². The first-order valence-corrected chi connectivity index (χ1v) is 22.7. The largest absolute Gasteiger partial charge is 0.208 e. The van der Waals surface area contributed by atoms with Gasteiger partial charge in [0.15, 0.2) is 17.5 Å². The van der Waals surface area contributed by atoms with Gasteiger partial charge in [-0.1, -0.05) is 202 Å². The fraction of sp³-hybridized carbons (Fsp3) is 0.0500. The lowest BCUT2D eigenvalue weighted by molar-refractivity contribution is 0.662. The topological polar surface area (TPSA) is 38.7 Å². The molecule has 2 aromatic heterocycles. The van der Waals surface area contributed by atoms with Crippen molar-refractivity contribution in [3.8, 4) is 89.8 Å². The van der Waals surface area contributed by atoms with Crippen LogP contribution in [0, 0.1) is 0 Å². The zero-order chi connectivity index (χ0) is 42.8. The summed E-state index contributed by atoms with van der Waals surface area (Å²) in [6.45, 7) is 4.68. The summed E-state index contributed by atoms with van der Waals surface area (Å²) < 4.78 is 2.56. The number of fused-ring (bicyclic) bond motifs is 6. The SMILES string of the molecule is CC1(C)c2ccccc2-c2cccc(-c3cccc(-c4nc(-c5ccccc5)nc(-c5ccc(-c6cccc7sc8ccc(-c9ccc(-c%10ccccc%10)cc9)cc8c67)cc5)n4)c3)c21. The second kappa shape index (κ2) is 15.2. The van der Waals surface area contributed by atoms with Crippen LogP contribution in [0.2, 0.25) is 0 Å². The number of hydrogen-bond donors (Lipinski definition) is 0. The molecule has 2 heterocycles. The maximum absolute atomic E-state index is 5.19. The molecule has 0 saturated carbocycles. The van der Waals surface area contributed by atoms with Crippen LogP contribution < -0.4 is 0 Å². The highest BCUT2D eigenvalue weighted by molar-refractivity contribution is 7.26. The zero-order valence-electron chi connectivity index (χ0n) is 35.5. The van der Waals surface area contributed by atoms with Crippen molar-refractivity contribution in [1.29, 1.82) is 0 Å². The van der Waals surface area contributed by atoms with Crippen LogP contribution in [0.1, 0.15) is 25.0 Å². The van der Waals surface area contributed by atoms with Gasteiger partial charge >= 0.3 is 0 Å². The second-order valence-corrected chi connectivity index (χ2v) is 18.2. The standard InChI is InChI=1S/C60H41N3S/c1-60(2)52-24-10-9-20-49(52)50-23-12-22-48(56(50)60)45-18-11-19-46(36-45)59-62-57(42-16-7-4-8-17-42)61-58(63-59)43-32-30-41(31-33-43)47-21-13-25-54-55(47)51-37-44(34-35-53(51)64-54)40-28-26-39(27-29-40)38-14-5-3-6-15-38/h3-37H,1-2H3. The van der Waals surface area contributed by atoms with Crippen molar-refractivity contribution in [2.45, 2.75) is 19.3 Å². The number of nitrogens with zero attached hydrogens (tertiary/aromatic N) is 3. The molecule has 0 radical (unpaired) electrons. The van der Waals surface area contributed by atoms with E-state index in [1.54, 1.807) is 0 Å². The van der Waals surface area contributed by atoms with Crippen molar-refractivity contribution < 1.29 is 0 Å². The molecule has 0 unspecified atom stereocenters. The lowest BCUT2D eigenvalue weighted by Crippen LogP contribution is -2.16. The highest BCUT2D eigenvalue weighted by Crippen LogP contribution is 2.52. The van der Waals surface area contributed by atoms with Gasteiger partial charge < -0.3 is 0 Å². The molecule has 0 N–H and O–H groups in total. The molecule has 3 nitrogen and oxygen atoms in total. The third-order valence-corrected chi connectivity index (χ3v) is 14.1. The Morgan fingerprint density at radius 2 is 0.812 bits per heavy atom. The third-order valence-electron chi connectivity index (χ3n) is 13.0. The quantitative estimate of drug-likeness (QED) is 0.161. The smallest absolute Gasteiger partial charge is 0.164 e. The summed E-state index contributed by atoms with van der Waals surface area (Å²) in [5, 5.41) is 2.55. The number of hydrogen-bond acceptors (Lipinski definition) is 4. The Morgan fingerprint density at radius 3 is 1.56 bits per heavy atom. The average molecular weight is 836 g/mol. The van der Waals surface area contributed by atoms with E-state index in [4.69, 9.17) is 15.0 Å². The van der Waals surface area contributed by atoms with Gasteiger partial charge in [-0.15, -0.1) is 11.3 Å². The van der Waals surface area contributed by atoms with Crippen LogP contribution in [0.4, 0.5) is 0 Å². The van der Waals surface area contributed by atoms with E-state index in [9.17, 15) is 0 Å². The molecule has 64 heavy (non-hydrogen) atoms. The zero-order valence-corrected chi connectivity index (χ0v) is 36.3. The minimum Gasteiger partial charge on any atom is -0.208 e. The summed E-state index contributed by atoms with van der Waals surface area (Å²) >= 11 is 1.85. The summed E-state index contributed by atoms with van der Waals surface area (Å²) in [4.78, 5) is 15.4.